The molecule has 1 fully saturated rings. The van der Waals surface area contributed by atoms with Crippen LogP contribution in [0.4, 0.5) is 0 Å². The van der Waals surface area contributed by atoms with Gasteiger partial charge in [0, 0.05) is 38.2 Å². The summed E-state index contributed by atoms with van der Waals surface area (Å²) in [6.45, 7) is 11.5. The zero-order valence-corrected chi connectivity index (χ0v) is 21.1. The summed E-state index contributed by atoms with van der Waals surface area (Å²) in [6.07, 6.45) is 0.926. The summed E-state index contributed by atoms with van der Waals surface area (Å²) < 4.78 is 35.9. The minimum atomic E-state index is -3.68. The molecule has 3 heterocycles. The Labute approximate surface area is 201 Å². The molecule has 34 heavy (non-hydrogen) atoms. The van der Waals surface area contributed by atoms with Gasteiger partial charge >= 0.3 is 0 Å². The summed E-state index contributed by atoms with van der Waals surface area (Å²) >= 11 is 0. The second kappa shape index (κ2) is 9.93. The number of aryl methyl sites for hydroxylation is 2. The van der Waals surface area contributed by atoms with Crippen LogP contribution in [0, 0.1) is 6.92 Å². The normalized spacial score (nSPS) is 19.4. The summed E-state index contributed by atoms with van der Waals surface area (Å²) in [5.41, 5.74) is 4.99. The van der Waals surface area contributed by atoms with Crippen LogP contribution in [-0.4, -0.2) is 72.5 Å². The smallest absolute Gasteiger partial charge is 0.273 e. The number of benzene rings is 1. The third-order valence-electron chi connectivity index (χ3n) is 6.35. The van der Waals surface area contributed by atoms with Crippen LogP contribution < -0.4 is 15.5 Å². The highest BCUT2D eigenvalue weighted by molar-refractivity contribution is 7.89. The second-order valence-corrected chi connectivity index (χ2v) is 10.5. The van der Waals surface area contributed by atoms with Gasteiger partial charge < -0.3 is 15.0 Å². The van der Waals surface area contributed by atoms with Crippen molar-refractivity contribution in [3.8, 4) is 5.75 Å². The number of nitrogens with one attached hydrogen (secondary N) is 2. The molecular weight excluding hydrogens is 456 g/mol. The van der Waals surface area contributed by atoms with Crippen molar-refractivity contribution in [3.63, 3.8) is 0 Å². The van der Waals surface area contributed by atoms with Gasteiger partial charge in [-0.05, 0) is 45.0 Å². The lowest BCUT2D eigenvalue weighted by molar-refractivity contribution is 0.0913. The van der Waals surface area contributed by atoms with Crippen LogP contribution in [0.2, 0.25) is 0 Å². The van der Waals surface area contributed by atoms with Crippen molar-refractivity contribution in [2.45, 2.75) is 51.6 Å². The maximum Gasteiger partial charge on any atom is 0.273 e. The Morgan fingerprint density at radius 3 is 2.53 bits per heavy atom. The number of ether oxygens (including phenoxy) is 1. The summed E-state index contributed by atoms with van der Waals surface area (Å²) in [6, 6.07) is 4.86. The molecule has 2 aliphatic rings. The van der Waals surface area contributed by atoms with Gasteiger partial charge in [0.1, 0.15) is 17.7 Å². The number of aromatic nitrogens is 2. The van der Waals surface area contributed by atoms with Crippen LogP contribution in [-0.2, 0) is 16.4 Å². The van der Waals surface area contributed by atoms with E-state index in [9.17, 15) is 13.2 Å². The fourth-order valence-electron chi connectivity index (χ4n) is 4.53. The van der Waals surface area contributed by atoms with E-state index in [2.05, 4.69) is 34.5 Å². The van der Waals surface area contributed by atoms with Crippen LogP contribution in [0.1, 0.15) is 60.9 Å². The number of amides is 1. The summed E-state index contributed by atoms with van der Waals surface area (Å²) in [7, 11) is -3.68. The number of hydrogen-bond donors (Lipinski definition) is 2. The van der Waals surface area contributed by atoms with Gasteiger partial charge in [0.25, 0.3) is 5.91 Å². The Morgan fingerprint density at radius 2 is 1.88 bits per heavy atom. The van der Waals surface area contributed by atoms with Crippen LogP contribution in [0.3, 0.4) is 0 Å². The quantitative estimate of drug-likeness (QED) is 0.581. The van der Waals surface area contributed by atoms with Crippen molar-refractivity contribution in [2.24, 2.45) is 0 Å². The zero-order valence-electron chi connectivity index (χ0n) is 20.3. The molecule has 2 aromatic rings. The Balaban J connectivity index is 1.69. The molecule has 0 radical (unpaired) electrons. The molecule has 0 saturated carbocycles. The minimum Gasteiger partial charge on any atom is -0.493 e. The number of carbonyl (C=O) groups excluding carboxylic acids is 1. The Bertz CT molecular complexity index is 1150. The molecule has 1 aromatic heterocycles. The van der Waals surface area contributed by atoms with Crippen molar-refractivity contribution in [1.82, 2.24) is 24.2 Å². The monoisotopic (exact) mass is 490 g/mol. The van der Waals surface area contributed by atoms with Crippen LogP contribution in [0.25, 0.3) is 0 Å². The molecule has 0 aliphatic carbocycles. The minimum absolute atomic E-state index is 0.188. The lowest BCUT2D eigenvalue weighted by atomic mass is 10.1. The molecule has 1 aromatic carbocycles. The van der Waals surface area contributed by atoms with Gasteiger partial charge in [-0.2, -0.15) is 4.31 Å². The maximum atomic E-state index is 13.4. The van der Waals surface area contributed by atoms with E-state index in [0.29, 0.717) is 61.9 Å². The topological polar surface area (TPSA) is 109 Å². The van der Waals surface area contributed by atoms with Gasteiger partial charge in [-0.3, -0.25) is 10.2 Å². The van der Waals surface area contributed by atoms with Gasteiger partial charge in [-0.1, -0.05) is 13.8 Å². The predicted octanol–water partition coefficient (Wildman–Crippen LogP) is 1.85. The van der Waals surface area contributed by atoms with Crippen LogP contribution >= 0.6 is 0 Å². The van der Waals surface area contributed by atoms with Crippen molar-refractivity contribution >= 4 is 15.9 Å². The van der Waals surface area contributed by atoms with Gasteiger partial charge in [0.2, 0.25) is 10.0 Å². The SMILES string of the molecule is CCCc1nc(C)c2n1NC(c1cc(S(=O)(=O)N3CCN(CC)CC3)ccc1OCC)NC2=O. The summed E-state index contributed by atoms with van der Waals surface area (Å²) in [5, 5.41) is 2.95. The standard InChI is InChI=1S/C23H34N6O4S/c1-5-8-20-24-16(4)21-23(30)25-22(26-29(20)21)18-15-17(9-10-19(18)33-7-3)34(31,32)28-13-11-27(6-2)12-14-28/h9-10,15,22,26H,5-8,11-14H2,1-4H3,(H,25,30). The van der Waals surface area contributed by atoms with Gasteiger partial charge in [0.05, 0.1) is 17.2 Å². The summed E-state index contributed by atoms with van der Waals surface area (Å²) in [4.78, 5) is 20.0. The Hall–Kier alpha value is -2.63. The highest BCUT2D eigenvalue weighted by Crippen LogP contribution is 2.32. The van der Waals surface area contributed by atoms with Gasteiger partial charge in [0.15, 0.2) is 5.69 Å². The van der Waals surface area contributed by atoms with Crippen molar-refractivity contribution in [1.29, 1.82) is 0 Å². The van der Waals surface area contributed by atoms with Crippen molar-refractivity contribution in [2.75, 3.05) is 44.8 Å². The van der Waals surface area contributed by atoms with E-state index >= 15 is 0 Å². The average Bonchev–Trinajstić information content (AvgIpc) is 3.15. The van der Waals surface area contributed by atoms with Gasteiger partial charge in [-0.25, -0.2) is 18.1 Å². The Morgan fingerprint density at radius 1 is 1.15 bits per heavy atom. The zero-order chi connectivity index (χ0) is 24.5. The Kier molecular flexibility index (Phi) is 7.15. The van der Waals surface area contributed by atoms with Crippen LogP contribution in [0.5, 0.6) is 5.75 Å². The number of likely N-dealkylation sites (N-methyl/N-ethyl adjacent to an activating group) is 1. The second-order valence-electron chi connectivity index (χ2n) is 8.55. The maximum absolute atomic E-state index is 13.4. The molecule has 1 atom stereocenters. The highest BCUT2D eigenvalue weighted by Gasteiger charge is 2.33. The first-order valence-corrected chi connectivity index (χ1v) is 13.4. The third-order valence-corrected chi connectivity index (χ3v) is 8.25. The molecule has 0 bridgehead atoms. The highest BCUT2D eigenvalue weighted by atomic mass is 32.2. The van der Waals surface area contributed by atoms with Crippen molar-refractivity contribution in [3.05, 3.63) is 41.0 Å². The van der Waals surface area contributed by atoms with Crippen LogP contribution in [0.15, 0.2) is 23.1 Å². The van der Waals surface area contributed by atoms with E-state index in [1.165, 1.54) is 4.31 Å². The molecule has 1 unspecified atom stereocenters. The lowest BCUT2D eigenvalue weighted by Gasteiger charge is -2.33. The average molecular weight is 491 g/mol. The third kappa shape index (κ3) is 4.51. The molecule has 2 N–H and O–H groups in total. The molecule has 1 saturated heterocycles. The number of imidazole rings is 1. The van der Waals surface area contributed by atoms with E-state index in [-0.39, 0.29) is 10.8 Å². The van der Waals surface area contributed by atoms with E-state index in [1.807, 2.05) is 13.8 Å². The molecule has 11 heteroatoms. The number of piperazine rings is 1. The number of hydrogen-bond acceptors (Lipinski definition) is 7. The number of carbonyl (C=O) groups is 1. The predicted molar refractivity (Wildman–Crippen MR) is 129 cm³/mol. The molecule has 0 spiro atoms. The first-order valence-electron chi connectivity index (χ1n) is 11.9. The van der Waals surface area contributed by atoms with Gasteiger partial charge in [-0.15, -0.1) is 0 Å². The van der Waals surface area contributed by atoms with E-state index in [1.54, 1.807) is 22.9 Å². The lowest BCUT2D eigenvalue weighted by Crippen LogP contribution is -2.48. The molecule has 2 aliphatic heterocycles. The fourth-order valence-corrected chi connectivity index (χ4v) is 5.98. The number of fused-ring (bicyclic) bond motifs is 1. The summed E-state index contributed by atoms with van der Waals surface area (Å²) in [5.74, 6) is 1.03. The molecular formula is C23H34N6O4S. The van der Waals surface area contributed by atoms with Crippen molar-refractivity contribution < 1.29 is 17.9 Å². The molecule has 4 rings (SSSR count). The first-order chi connectivity index (χ1) is 16.3. The molecule has 10 nitrogen and oxygen atoms in total. The molecule has 1 amide bonds. The van der Waals surface area contributed by atoms with E-state index < -0.39 is 16.2 Å². The number of sulfonamides is 1. The van der Waals surface area contributed by atoms with E-state index in [4.69, 9.17) is 4.74 Å². The number of nitrogens with zero attached hydrogens (tertiary/aromatic N) is 4. The molecule has 186 valence electrons. The number of rotatable bonds is 8. The van der Waals surface area contributed by atoms with E-state index in [0.717, 1.165) is 18.8 Å². The fraction of sp³-hybridized carbons (Fsp3) is 0.565. The largest absolute Gasteiger partial charge is 0.493 e. The first kappa shape index (κ1) is 24.5.